The SMILES string of the molecule is CCOC1=CC(=O)N(c2ccc(C(F)(F)F)cc2)CC(C)(C)C1. The van der Waals surface area contributed by atoms with Crippen molar-refractivity contribution in [3.05, 3.63) is 41.7 Å². The first kappa shape index (κ1) is 17.4. The molecule has 6 heteroatoms. The Bertz CT molecular complexity index is 603. The van der Waals surface area contributed by atoms with E-state index in [1.54, 1.807) is 0 Å². The normalized spacial score (nSPS) is 18.4. The highest BCUT2D eigenvalue weighted by molar-refractivity contribution is 6.02. The van der Waals surface area contributed by atoms with Crippen LogP contribution in [-0.4, -0.2) is 19.1 Å². The molecule has 2 rings (SSSR count). The van der Waals surface area contributed by atoms with Crippen LogP contribution < -0.4 is 4.90 Å². The summed E-state index contributed by atoms with van der Waals surface area (Å²) in [5.41, 5.74) is -0.519. The predicted molar refractivity (Wildman–Crippen MR) is 81.9 cm³/mol. The number of nitrogens with zero attached hydrogens (tertiary/aromatic N) is 1. The Morgan fingerprint density at radius 1 is 1.22 bits per heavy atom. The standard InChI is InChI=1S/C17H20F3NO2/c1-4-23-14-9-15(22)21(11-16(2,3)10-14)13-7-5-12(6-8-13)17(18,19)20/h5-9H,4,10-11H2,1-3H3. The van der Waals surface area contributed by atoms with Gasteiger partial charge >= 0.3 is 6.18 Å². The molecule has 0 aliphatic carbocycles. The minimum Gasteiger partial charge on any atom is -0.498 e. The predicted octanol–water partition coefficient (Wildman–Crippen LogP) is 4.39. The number of hydrogen-bond donors (Lipinski definition) is 0. The second kappa shape index (κ2) is 6.26. The van der Waals surface area contributed by atoms with Crippen LogP contribution in [0.15, 0.2) is 36.1 Å². The summed E-state index contributed by atoms with van der Waals surface area (Å²) in [5.74, 6) is 0.329. The number of hydrogen-bond acceptors (Lipinski definition) is 2. The number of benzene rings is 1. The molecule has 3 nitrogen and oxygen atoms in total. The Labute approximate surface area is 133 Å². The molecule has 1 aromatic rings. The Morgan fingerprint density at radius 2 is 1.83 bits per heavy atom. The fourth-order valence-electron chi connectivity index (χ4n) is 2.63. The van der Waals surface area contributed by atoms with Crippen LogP contribution in [0, 0.1) is 5.41 Å². The maximum Gasteiger partial charge on any atom is 0.416 e. The van der Waals surface area contributed by atoms with Crippen LogP contribution in [0.25, 0.3) is 0 Å². The zero-order chi connectivity index (χ0) is 17.3. The number of rotatable bonds is 3. The smallest absolute Gasteiger partial charge is 0.416 e. The molecule has 0 saturated heterocycles. The third-order valence-electron chi connectivity index (χ3n) is 3.63. The zero-order valence-corrected chi connectivity index (χ0v) is 13.4. The molecule has 1 aliphatic heterocycles. The molecule has 0 atom stereocenters. The summed E-state index contributed by atoms with van der Waals surface area (Å²) in [7, 11) is 0. The van der Waals surface area contributed by atoms with Gasteiger partial charge in [0, 0.05) is 24.7 Å². The van der Waals surface area contributed by atoms with Crippen LogP contribution in [0.1, 0.15) is 32.8 Å². The summed E-state index contributed by atoms with van der Waals surface area (Å²) < 4.78 is 43.4. The van der Waals surface area contributed by atoms with Gasteiger partial charge in [-0.2, -0.15) is 13.2 Å². The fraction of sp³-hybridized carbons (Fsp3) is 0.471. The first-order chi connectivity index (χ1) is 10.6. The summed E-state index contributed by atoms with van der Waals surface area (Å²) in [6.07, 6.45) is -2.36. The molecule has 1 aromatic carbocycles. The summed E-state index contributed by atoms with van der Waals surface area (Å²) in [5, 5.41) is 0. The van der Waals surface area contributed by atoms with Crippen molar-refractivity contribution >= 4 is 11.6 Å². The number of alkyl halides is 3. The second-order valence-electron chi connectivity index (χ2n) is 6.35. The Hall–Kier alpha value is -1.98. The van der Waals surface area contributed by atoms with Gasteiger partial charge in [0.05, 0.1) is 12.2 Å². The van der Waals surface area contributed by atoms with Crippen molar-refractivity contribution in [2.45, 2.75) is 33.4 Å². The van der Waals surface area contributed by atoms with Gasteiger partial charge in [-0.15, -0.1) is 0 Å². The summed E-state index contributed by atoms with van der Waals surface area (Å²) in [4.78, 5) is 13.9. The lowest BCUT2D eigenvalue weighted by Crippen LogP contribution is -2.36. The highest BCUT2D eigenvalue weighted by Crippen LogP contribution is 2.34. The van der Waals surface area contributed by atoms with Crippen molar-refractivity contribution < 1.29 is 22.7 Å². The molecule has 0 spiro atoms. The van der Waals surface area contributed by atoms with Gasteiger partial charge < -0.3 is 9.64 Å². The molecule has 1 amide bonds. The first-order valence-electron chi connectivity index (χ1n) is 7.44. The van der Waals surface area contributed by atoms with Crippen LogP contribution in [0.3, 0.4) is 0 Å². The Balaban J connectivity index is 2.32. The van der Waals surface area contributed by atoms with Crippen LogP contribution >= 0.6 is 0 Å². The molecule has 0 fully saturated rings. The molecular weight excluding hydrogens is 307 g/mol. The lowest BCUT2D eigenvalue weighted by molar-refractivity contribution is -0.137. The van der Waals surface area contributed by atoms with E-state index in [9.17, 15) is 18.0 Å². The van der Waals surface area contributed by atoms with Crippen LogP contribution in [0.2, 0.25) is 0 Å². The van der Waals surface area contributed by atoms with Gasteiger partial charge in [-0.1, -0.05) is 13.8 Å². The van der Waals surface area contributed by atoms with Gasteiger partial charge in [-0.3, -0.25) is 4.79 Å². The minimum atomic E-state index is -4.39. The average molecular weight is 327 g/mol. The van der Waals surface area contributed by atoms with Crippen LogP contribution in [0.4, 0.5) is 18.9 Å². The average Bonchev–Trinajstić information content (AvgIpc) is 2.54. The van der Waals surface area contributed by atoms with Crippen LogP contribution in [0.5, 0.6) is 0 Å². The van der Waals surface area contributed by atoms with E-state index < -0.39 is 11.7 Å². The van der Waals surface area contributed by atoms with E-state index in [1.165, 1.54) is 23.1 Å². The van der Waals surface area contributed by atoms with E-state index in [2.05, 4.69) is 0 Å². The van der Waals surface area contributed by atoms with Crippen molar-refractivity contribution in [3.8, 4) is 0 Å². The van der Waals surface area contributed by atoms with Crippen molar-refractivity contribution in [1.29, 1.82) is 0 Å². The fourth-order valence-corrected chi connectivity index (χ4v) is 2.63. The maximum absolute atomic E-state index is 12.7. The highest BCUT2D eigenvalue weighted by Gasteiger charge is 2.33. The third-order valence-corrected chi connectivity index (χ3v) is 3.63. The van der Waals surface area contributed by atoms with Gasteiger partial charge in [0.1, 0.15) is 5.76 Å². The molecule has 0 N–H and O–H groups in total. The number of halogens is 3. The highest BCUT2D eigenvalue weighted by atomic mass is 19.4. The quantitative estimate of drug-likeness (QED) is 0.824. The van der Waals surface area contributed by atoms with Gasteiger partial charge in [0.2, 0.25) is 0 Å². The molecule has 126 valence electrons. The Kier molecular flexibility index (Phi) is 4.73. The number of amides is 1. The number of carbonyl (C=O) groups is 1. The molecule has 0 bridgehead atoms. The summed E-state index contributed by atoms with van der Waals surface area (Å²) in [6, 6.07) is 4.65. The molecule has 0 aromatic heterocycles. The Morgan fingerprint density at radius 3 is 2.35 bits per heavy atom. The molecule has 23 heavy (non-hydrogen) atoms. The molecule has 1 heterocycles. The first-order valence-corrected chi connectivity index (χ1v) is 7.44. The van der Waals surface area contributed by atoms with Crippen molar-refractivity contribution in [2.24, 2.45) is 5.41 Å². The van der Waals surface area contributed by atoms with E-state index in [4.69, 9.17) is 4.74 Å². The van der Waals surface area contributed by atoms with E-state index >= 15 is 0 Å². The molecular formula is C17H20F3NO2. The van der Waals surface area contributed by atoms with Crippen molar-refractivity contribution in [3.63, 3.8) is 0 Å². The zero-order valence-electron chi connectivity index (χ0n) is 13.4. The number of allylic oxidation sites excluding steroid dienone is 1. The minimum absolute atomic E-state index is 0.240. The van der Waals surface area contributed by atoms with Gasteiger partial charge in [0.15, 0.2) is 0 Å². The van der Waals surface area contributed by atoms with E-state index in [1.807, 2.05) is 20.8 Å². The summed E-state index contributed by atoms with van der Waals surface area (Å²) >= 11 is 0. The van der Waals surface area contributed by atoms with Gasteiger partial charge in [-0.25, -0.2) is 0 Å². The lowest BCUT2D eigenvalue weighted by atomic mass is 9.88. The number of anilines is 1. The van der Waals surface area contributed by atoms with E-state index in [0.717, 1.165) is 12.1 Å². The molecule has 0 radical (unpaired) electrons. The number of ether oxygens (including phenoxy) is 1. The van der Waals surface area contributed by atoms with Gasteiger partial charge in [0.25, 0.3) is 5.91 Å². The molecule has 0 saturated carbocycles. The third kappa shape index (κ3) is 4.27. The van der Waals surface area contributed by atoms with E-state index in [0.29, 0.717) is 31.0 Å². The molecule has 1 aliphatic rings. The van der Waals surface area contributed by atoms with Gasteiger partial charge in [-0.05, 0) is 36.6 Å². The topological polar surface area (TPSA) is 29.5 Å². The molecule has 0 unspecified atom stereocenters. The van der Waals surface area contributed by atoms with E-state index in [-0.39, 0.29) is 11.3 Å². The lowest BCUT2D eigenvalue weighted by Gasteiger charge is -2.30. The summed E-state index contributed by atoms with van der Waals surface area (Å²) in [6.45, 7) is 6.71. The largest absolute Gasteiger partial charge is 0.498 e. The maximum atomic E-state index is 12.7. The van der Waals surface area contributed by atoms with Crippen molar-refractivity contribution in [1.82, 2.24) is 0 Å². The van der Waals surface area contributed by atoms with Crippen LogP contribution in [-0.2, 0) is 15.7 Å². The number of carbonyl (C=O) groups excluding carboxylic acids is 1. The second-order valence-corrected chi connectivity index (χ2v) is 6.35. The van der Waals surface area contributed by atoms with Crippen molar-refractivity contribution in [2.75, 3.05) is 18.1 Å². The monoisotopic (exact) mass is 327 g/mol.